The van der Waals surface area contributed by atoms with Crippen LogP contribution in [-0.4, -0.2) is 29.5 Å². The highest BCUT2D eigenvalue weighted by molar-refractivity contribution is 5.91. The maximum Gasteiger partial charge on any atom is 0.153 e. The summed E-state index contributed by atoms with van der Waals surface area (Å²) in [7, 11) is 0. The number of rotatable bonds is 4. The average Bonchev–Trinajstić information content (AvgIpc) is 2.35. The SMILES string of the molecule is O=Cc1cc2ccccc2nc1NCCO. The molecule has 0 radical (unpaired) electrons. The van der Waals surface area contributed by atoms with Crippen LogP contribution in [-0.2, 0) is 0 Å². The van der Waals surface area contributed by atoms with Crippen molar-refractivity contribution in [2.75, 3.05) is 18.5 Å². The molecule has 0 spiro atoms. The van der Waals surface area contributed by atoms with Gasteiger partial charge in [-0.2, -0.15) is 0 Å². The van der Waals surface area contributed by atoms with Crippen molar-refractivity contribution >= 4 is 23.0 Å². The summed E-state index contributed by atoms with van der Waals surface area (Å²) in [5.74, 6) is 0.516. The molecule has 0 aliphatic rings. The number of pyridine rings is 1. The van der Waals surface area contributed by atoms with E-state index in [1.54, 1.807) is 6.07 Å². The Kier molecular flexibility index (Phi) is 3.12. The molecule has 1 aromatic heterocycles. The van der Waals surface area contributed by atoms with E-state index in [0.29, 0.717) is 17.9 Å². The molecular weight excluding hydrogens is 204 g/mol. The fraction of sp³-hybridized carbons (Fsp3) is 0.167. The van der Waals surface area contributed by atoms with Crippen LogP contribution >= 0.6 is 0 Å². The number of carbonyl (C=O) groups is 1. The maximum atomic E-state index is 10.9. The predicted octanol–water partition coefficient (Wildman–Crippen LogP) is 1.45. The quantitative estimate of drug-likeness (QED) is 0.759. The fourth-order valence-electron chi connectivity index (χ4n) is 1.54. The van der Waals surface area contributed by atoms with Gasteiger partial charge in [0.05, 0.1) is 17.7 Å². The minimum atomic E-state index is 0.00675. The van der Waals surface area contributed by atoms with Crippen LogP contribution in [0.3, 0.4) is 0 Å². The second kappa shape index (κ2) is 4.72. The Morgan fingerprint density at radius 1 is 1.38 bits per heavy atom. The molecule has 0 unspecified atom stereocenters. The highest BCUT2D eigenvalue weighted by atomic mass is 16.3. The summed E-state index contributed by atoms with van der Waals surface area (Å²) in [6, 6.07) is 9.37. The normalized spacial score (nSPS) is 10.3. The third-order valence-electron chi connectivity index (χ3n) is 2.28. The Hall–Kier alpha value is -1.94. The first-order valence-electron chi connectivity index (χ1n) is 5.05. The zero-order valence-corrected chi connectivity index (χ0v) is 8.68. The number of aldehydes is 1. The van der Waals surface area contributed by atoms with E-state index in [1.165, 1.54) is 0 Å². The van der Waals surface area contributed by atoms with E-state index in [1.807, 2.05) is 24.3 Å². The Labute approximate surface area is 92.9 Å². The Balaban J connectivity index is 2.49. The number of aliphatic hydroxyl groups is 1. The number of benzene rings is 1. The van der Waals surface area contributed by atoms with Gasteiger partial charge in [-0.25, -0.2) is 4.98 Å². The molecule has 2 N–H and O–H groups in total. The smallest absolute Gasteiger partial charge is 0.153 e. The highest BCUT2D eigenvalue weighted by Crippen LogP contribution is 2.18. The van der Waals surface area contributed by atoms with Gasteiger partial charge < -0.3 is 10.4 Å². The number of fused-ring (bicyclic) bond motifs is 1. The predicted molar refractivity (Wildman–Crippen MR) is 62.7 cm³/mol. The van der Waals surface area contributed by atoms with Crippen LogP contribution in [0.4, 0.5) is 5.82 Å². The summed E-state index contributed by atoms with van der Waals surface area (Å²) in [5, 5.41) is 12.6. The molecule has 4 nitrogen and oxygen atoms in total. The number of hydrogen-bond acceptors (Lipinski definition) is 4. The zero-order valence-electron chi connectivity index (χ0n) is 8.68. The zero-order chi connectivity index (χ0) is 11.4. The van der Waals surface area contributed by atoms with E-state index in [9.17, 15) is 4.79 Å². The van der Waals surface area contributed by atoms with Crippen LogP contribution in [0.25, 0.3) is 10.9 Å². The van der Waals surface area contributed by atoms with Crippen molar-refractivity contribution in [3.05, 3.63) is 35.9 Å². The average molecular weight is 216 g/mol. The standard InChI is InChI=1S/C12H12N2O2/c15-6-5-13-12-10(8-16)7-9-3-1-2-4-11(9)14-12/h1-4,7-8,15H,5-6H2,(H,13,14). The highest BCUT2D eigenvalue weighted by Gasteiger charge is 2.04. The van der Waals surface area contributed by atoms with Gasteiger partial charge in [-0.3, -0.25) is 4.79 Å². The van der Waals surface area contributed by atoms with Crippen LogP contribution in [0.2, 0.25) is 0 Å². The third-order valence-corrected chi connectivity index (χ3v) is 2.28. The molecular formula is C12H12N2O2. The monoisotopic (exact) mass is 216 g/mol. The number of anilines is 1. The van der Waals surface area contributed by atoms with E-state index in [-0.39, 0.29) is 6.61 Å². The topological polar surface area (TPSA) is 62.2 Å². The lowest BCUT2D eigenvalue weighted by molar-refractivity contribution is 0.112. The summed E-state index contributed by atoms with van der Waals surface area (Å²) in [6.07, 6.45) is 0.763. The van der Waals surface area contributed by atoms with E-state index in [0.717, 1.165) is 17.2 Å². The van der Waals surface area contributed by atoms with Crippen molar-refractivity contribution < 1.29 is 9.90 Å². The molecule has 0 aliphatic heterocycles. The molecule has 4 heteroatoms. The Morgan fingerprint density at radius 3 is 2.94 bits per heavy atom. The molecule has 2 rings (SSSR count). The van der Waals surface area contributed by atoms with E-state index >= 15 is 0 Å². The molecule has 16 heavy (non-hydrogen) atoms. The summed E-state index contributed by atoms with van der Waals surface area (Å²) >= 11 is 0. The Bertz CT molecular complexity index is 511. The molecule has 2 aromatic rings. The first-order valence-corrected chi connectivity index (χ1v) is 5.05. The lowest BCUT2D eigenvalue weighted by Gasteiger charge is -2.07. The molecule has 1 heterocycles. The molecule has 1 aromatic carbocycles. The molecule has 82 valence electrons. The van der Waals surface area contributed by atoms with Crippen molar-refractivity contribution in [2.45, 2.75) is 0 Å². The number of carbonyl (C=O) groups excluding carboxylic acids is 1. The van der Waals surface area contributed by atoms with Gasteiger partial charge >= 0.3 is 0 Å². The number of aromatic nitrogens is 1. The minimum absolute atomic E-state index is 0.00675. The fourth-order valence-corrected chi connectivity index (χ4v) is 1.54. The number of para-hydroxylation sites is 1. The third kappa shape index (κ3) is 2.01. The van der Waals surface area contributed by atoms with Crippen LogP contribution in [0.1, 0.15) is 10.4 Å². The van der Waals surface area contributed by atoms with Crippen molar-refractivity contribution in [3.8, 4) is 0 Å². The second-order valence-electron chi connectivity index (χ2n) is 3.39. The number of hydrogen-bond donors (Lipinski definition) is 2. The van der Waals surface area contributed by atoms with Crippen molar-refractivity contribution in [2.24, 2.45) is 0 Å². The minimum Gasteiger partial charge on any atom is -0.395 e. The molecule has 0 atom stereocenters. The largest absolute Gasteiger partial charge is 0.395 e. The molecule has 0 fully saturated rings. The van der Waals surface area contributed by atoms with Gasteiger partial charge in [-0.1, -0.05) is 18.2 Å². The van der Waals surface area contributed by atoms with Gasteiger partial charge in [0.2, 0.25) is 0 Å². The van der Waals surface area contributed by atoms with Crippen LogP contribution < -0.4 is 5.32 Å². The first-order chi connectivity index (χ1) is 7.85. The van der Waals surface area contributed by atoms with Gasteiger partial charge in [0, 0.05) is 11.9 Å². The van der Waals surface area contributed by atoms with Gasteiger partial charge in [0.1, 0.15) is 5.82 Å². The van der Waals surface area contributed by atoms with Gasteiger partial charge in [0.25, 0.3) is 0 Å². The molecule has 0 saturated heterocycles. The van der Waals surface area contributed by atoms with Crippen molar-refractivity contribution in [1.82, 2.24) is 4.98 Å². The Morgan fingerprint density at radius 2 is 2.19 bits per heavy atom. The van der Waals surface area contributed by atoms with Crippen LogP contribution in [0.5, 0.6) is 0 Å². The van der Waals surface area contributed by atoms with Crippen LogP contribution in [0.15, 0.2) is 30.3 Å². The van der Waals surface area contributed by atoms with Gasteiger partial charge in [-0.15, -0.1) is 0 Å². The first kappa shape index (κ1) is 10.6. The second-order valence-corrected chi connectivity index (χ2v) is 3.39. The van der Waals surface area contributed by atoms with E-state index in [2.05, 4.69) is 10.3 Å². The summed E-state index contributed by atoms with van der Waals surface area (Å²) < 4.78 is 0. The summed E-state index contributed by atoms with van der Waals surface area (Å²) in [4.78, 5) is 15.2. The van der Waals surface area contributed by atoms with Crippen LogP contribution in [0, 0.1) is 0 Å². The number of nitrogens with one attached hydrogen (secondary N) is 1. The van der Waals surface area contributed by atoms with Gasteiger partial charge in [-0.05, 0) is 12.1 Å². The molecule has 0 amide bonds. The van der Waals surface area contributed by atoms with E-state index < -0.39 is 0 Å². The van der Waals surface area contributed by atoms with Crippen molar-refractivity contribution in [1.29, 1.82) is 0 Å². The van der Waals surface area contributed by atoms with Gasteiger partial charge in [0.15, 0.2) is 6.29 Å². The molecule has 0 saturated carbocycles. The number of aliphatic hydroxyl groups excluding tert-OH is 1. The summed E-state index contributed by atoms with van der Waals surface area (Å²) in [6.45, 7) is 0.388. The van der Waals surface area contributed by atoms with Crippen molar-refractivity contribution in [3.63, 3.8) is 0 Å². The molecule has 0 aliphatic carbocycles. The lowest BCUT2D eigenvalue weighted by atomic mass is 10.1. The maximum absolute atomic E-state index is 10.9. The molecule has 0 bridgehead atoms. The number of nitrogens with zero attached hydrogens (tertiary/aromatic N) is 1. The lowest BCUT2D eigenvalue weighted by Crippen LogP contribution is -2.09. The summed E-state index contributed by atoms with van der Waals surface area (Å²) in [5.41, 5.74) is 1.33. The van der Waals surface area contributed by atoms with E-state index in [4.69, 9.17) is 5.11 Å².